The Kier molecular flexibility index (Phi) is 4.62. The molecule has 0 aliphatic heterocycles. The molecule has 100 valence electrons. The normalized spacial score (nSPS) is 10.5. The lowest BCUT2D eigenvalue weighted by Crippen LogP contribution is -2.08. The maximum Gasteiger partial charge on any atom is 0.180 e. The van der Waals surface area contributed by atoms with Crippen molar-refractivity contribution in [3.63, 3.8) is 0 Å². The quantitative estimate of drug-likeness (QED) is 0.836. The molecule has 19 heavy (non-hydrogen) atoms. The highest BCUT2D eigenvalue weighted by atomic mass is 127. The second kappa shape index (κ2) is 6.23. The van der Waals surface area contributed by atoms with Crippen molar-refractivity contribution < 1.29 is 4.39 Å². The zero-order chi connectivity index (χ0) is 13.8. The van der Waals surface area contributed by atoms with E-state index in [1.807, 2.05) is 6.92 Å². The highest BCUT2D eigenvalue weighted by Gasteiger charge is 2.11. The summed E-state index contributed by atoms with van der Waals surface area (Å²) in [5, 5.41) is 3.26. The zero-order valence-corrected chi connectivity index (χ0v) is 12.9. The van der Waals surface area contributed by atoms with E-state index in [-0.39, 0.29) is 5.82 Å². The Balaban J connectivity index is 2.40. The third-order valence-electron chi connectivity index (χ3n) is 2.52. The third-order valence-corrected chi connectivity index (χ3v) is 3.81. The Bertz CT molecular complexity index is 572. The van der Waals surface area contributed by atoms with E-state index in [4.69, 9.17) is 0 Å². The number of halogens is 2. The van der Waals surface area contributed by atoms with Crippen LogP contribution in [0.4, 0.5) is 10.2 Å². The van der Waals surface area contributed by atoms with Crippen molar-refractivity contribution in [3.05, 3.63) is 33.4 Å². The van der Waals surface area contributed by atoms with E-state index in [1.165, 1.54) is 12.3 Å². The van der Waals surface area contributed by atoms with Crippen molar-refractivity contribution in [3.8, 4) is 11.5 Å². The number of pyridine rings is 1. The van der Waals surface area contributed by atoms with E-state index >= 15 is 0 Å². The first kappa shape index (κ1) is 14.1. The van der Waals surface area contributed by atoms with Gasteiger partial charge in [-0.1, -0.05) is 6.92 Å². The molecule has 2 rings (SSSR count). The van der Waals surface area contributed by atoms with Crippen molar-refractivity contribution >= 4 is 28.4 Å². The largest absolute Gasteiger partial charge is 0.369 e. The van der Waals surface area contributed by atoms with E-state index in [2.05, 4.69) is 49.8 Å². The molecule has 0 aliphatic carbocycles. The first-order valence-electron chi connectivity index (χ1n) is 6.01. The van der Waals surface area contributed by atoms with Gasteiger partial charge < -0.3 is 5.32 Å². The molecule has 2 aromatic heterocycles. The van der Waals surface area contributed by atoms with Gasteiger partial charge in [0.15, 0.2) is 5.82 Å². The molecule has 0 spiro atoms. The minimum absolute atomic E-state index is 0.365. The summed E-state index contributed by atoms with van der Waals surface area (Å²) in [5.41, 5.74) is 1.45. The van der Waals surface area contributed by atoms with Crippen molar-refractivity contribution in [1.29, 1.82) is 0 Å². The van der Waals surface area contributed by atoms with Crippen LogP contribution in [0.5, 0.6) is 0 Å². The smallest absolute Gasteiger partial charge is 0.180 e. The summed E-state index contributed by atoms with van der Waals surface area (Å²) in [6.07, 6.45) is 2.19. The van der Waals surface area contributed by atoms with E-state index in [1.54, 1.807) is 6.07 Å². The fraction of sp³-hybridized carbons (Fsp3) is 0.308. The number of aromatic nitrogens is 3. The summed E-state index contributed by atoms with van der Waals surface area (Å²) in [6, 6.07) is 2.94. The van der Waals surface area contributed by atoms with E-state index in [0.29, 0.717) is 11.5 Å². The molecule has 0 aliphatic rings. The van der Waals surface area contributed by atoms with Crippen molar-refractivity contribution in [2.75, 3.05) is 11.9 Å². The molecule has 0 aromatic carbocycles. The van der Waals surface area contributed by atoms with Crippen LogP contribution < -0.4 is 5.32 Å². The van der Waals surface area contributed by atoms with Crippen LogP contribution in [-0.2, 0) is 0 Å². The second-order valence-electron chi connectivity index (χ2n) is 4.08. The molecule has 0 saturated carbocycles. The lowest BCUT2D eigenvalue weighted by atomic mass is 10.3. The lowest BCUT2D eigenvalue weighted by Gasteiger charge is -2.10. The lowest BCUT2D eigenvalue weighted by molar-refractivity contribution is 0.621. The molecular formula is C13H14FIN4. The van der Waals surface area contributed by atoms with Gasteiger partial charge in [-0.2, -0.15) is 0 Å². The number of hydrogen-bond donors (Lipinski definition) is 1. The van der Waals surface area contributed by atoms with Gasteiger partial charge in [-0.05, 0) is 48.1 Å². The van der Waals surface area contributed by atoms with Gasteiger partial charge in [-0.3, -0.25) is 0 Å². The van der Waals surface area contributed by atoms with Crippen LogP contribution in [0.2, 0.25) is 0 Å². The summed E-state index contributed by atoms with van der Waals surface area (Å²) >= 11 is 2.22. The van der Waals surface area contributed by atoms with E-state index in [0.717, 1.165) is 28.0 Å². The number of anilines is 1. The van der Waals surface area contributed by atoms with Gasteiger partial charge in [0.1, 0.15) is 17.3 Å². The Morgan fingerprint density at radius 2 is 2.11 bits per heavy atom. The maximum atomic E-state index is 12.9. The maximum absolute atomic E-state index is 12.9. The number of nitrogens with one attached hydrogen (secondary N) is 1. The molecule has 0 unspecified atom stereocenters. The van der Waals surface area contributed by atoms with Crippen molar-refractivity contribution in [1.82, 2.24) is 15.0 Å². The van der Waals surface area contributed by atoms with Crippen molar-refractivity contribution in [2.24, 2.45) is 0 Å². The third kappa shape index (κ3) is 3.37. The molecule has 0 atom stereocenters. The molecule has 2 heterocycles. The van der Waals surface area contributed by atoms with Crippen molar-refractivity contribution in [2.45, 2.75) is 20.3 Å². The molecule has 4 nitrogen and oxygen atoms in total. The predicted molar refractivity (Wildman–Crippen MR) is 81.5 cm³/mol. The molecule has 6 heteroatoms. The van der Waals surface area contributed by atoms with Gasteiger partial charge in [-0.15, -0.1) is 0 Å². The number of nitrogens with zero attached hydrogens (tertiary/aromatic N) is 3. The van der Waals surface area contributed by atoms with Crippen LogP contribution >= 0.6 is 22.6 Å². The Labute approximate surface area is 125 Å². The van der Waals surface area contributed by atoms with E-state index in [9.17, 15) is 4.39 Å². The molecule has 0 fully saturated rings. The van der Waals surface area contributed by atoms with Crippen LogP contribution in [0.1, 0.15) is 19.0 Å². The summed E-state index contributed by atoms with van der Waals surface area (Å²) in [5.74, 6) is 0.947. The number of hydrogen-bond acceptors (Lipinski definition) is 4. The minimum atomic E-state index is -0.365. The molecule has 0 saturated heterocycles. The zero-order valence-electron chi connectivity index (χ0n) is 10.7. The summed E-state index contributed by atoms with van der Waals surface area (Å²) in [7, 11) is 0. The fourth-order valence-electron chi connectivity index (χ4n) is 1.54. The van der Waals surface area contributed by atoms with Gasteiger partial charge in [0.2, 0.25) is 0 Å². The van der Waals surface area contributed by atoms with Crippen LogP contribution in [-0.4, -0.2) is 21.5 Å². The highest BCUT2D eigenvalue weighted by molar-refractivity contribution is 14.1. The fourth-order valence-corrected chi connectivity index (χ4v) is 1.97. The predicted octanol–water partition coefficient (Wildman–Crippen LogP) is 3.41. The highest BCUT2D eigenvalue weighted by Crippen LogP contribution is 2.22. The first-order valence-corrected chi connectivity index (χ1v) is 7.09. The number of rotatable bonds is 4. The van der Waals surface area contributed by atoms with Crippen LogP contribution in [0.25, 0.3) is 11.5 Å². The standard InChI is InChI=1S/C13H14FIN4/c1-3-6-16-13-11(15)8(2)18-12(19-13)10-5-4-9(14)7-17-10/h4-5,7H,3,6H2,1-2H3,(H,16,18,19). The van der Waals surface area contributed by atoms with Crippen LogP contribution in [0.15, 0.2) is 18.3 Å². The average Bonchev–Trinajstić information content (AvgIpc) is 2.41. The SMILES string of the molecule is CCCNc1nc(-c2ccc(F)cn2)nc(C)c1I. The minimum Gasteiger partial charge on any atom is -0.369 e. The Hall–Kier alpha value is -1.31. The number of aryl methyl sites for hydroxylation is 1. The molecule has 2 aromatic rings. The molecular weight excluding hydrogens is 358 g/mol. The van der Waals surface area contributed by atoms with Gasteiger partial charge in [0.05, 0.1) is 15.5 Å². The van der Waals surface area contributed by atoms with Crippen LogP contribution in [0, 0.1) is 16.3 Å². The van der Waals surface area contributed by atoms with Gasteiger partial charge in [0.25, 0.3) is 0 Å². The second-order valence-corrected chi connectivity index (χ2v) is 5.16. The van der Waals surface area contributed by atoms with Crippen LogP contribution in [0.3, 0.4) is 0 Å². The first-order chi connectivity index (χ1) is 9.11. The summed E-state index contributed by atoms with van der Waals surface area (Å²) < 4.78 is 13.9. The molecule has 0 amide bonds. The van der Waals surface area contributed by atoms with Gasteiger partial charge >= 0.3 is 0 Å². The van der Waals surface area contributed by atoms with E-state index < -0.39 is 0 Å². The Morgan fingerprint density at radius 1 is 1.32 bits per heavy atom. The monoisotopic (exact) mass is 372 g/mol. The average molecular weight is 372 g/mol. The topological polar surface area (TPSA) is 50.7 Å². The molecule has 1 N–H and O–H groups in total. The summed E-state index contributed by atoms with van der Waals surface area (Å²) in [6.45, 7) is 4.87. The summed E-state index contributed by atoms with van der Waals surface area (Å²) in [4.78, 5) is 12.9. The van der Waals surface area contributed by atoms with Gasteiger partial charge in [-0.25, -0.2) is 19.3 Å². The Morgan fingerprint density at radius 3 is 2.74 bits per heavy atom. The van der Waals surface area contributed by atoms with Gasteiger partial charge in [0, 0.05) is 6.54 Å². The molecule has 0 bridgehead atoms. The molecule has 0 radical (unpaired) electrons.